The van der Waals surface area contributed by atoms with Crippen molar-refractivity contribution < 1.29 is 12.6 Å². The number of aromatic nitrogens is 1. The van der Waals surface area contributed by atoms with E-state index < -0.39 is 20.8 Å². The zero-order valence-electron chi connectivity index (χ0n) is 9.42. The lowest BCUT2D eigenvalue weighted by molar-refractivity contribution is 0.580. The number of pyridine rings is 1. The van der Waals surface area contributed by atoms with Crippen molar-refractivity contribution in [3.63, 3.8) is 0 Å². The second-order valence-corrected chi connectivity index (χ2v) is 6.71. The summed E-state index contributed by atoms with van der Waals surface area (Å²) in [5, 5.41) is 0. The summed E-state index contributed by atoms with van der Waals surface area (Å²) in [6.07, 6.45) is 3.52. The molecule has 96 valence electrons. The molecule has 0 fully saturated rings. The maximum absolute atomic E-state index is 11.8. The molecule has 1 heterocycles. The minimum atomic E-state index is -3.63. The van der Waals surface area contributed by atoms with Crippen LogP contribution in [-0.4, -0.2) is 36.2 Å². The molecule has 1 unspecified atom stereocenters. The largest absolute Gasteiger partial charge is 0.383 e. The third-order valence-corrected chi connectivity index (χ3v) is 4.36. The average molecular weight is 277 g/mol. The van der Waals surface area contributed by atoms with Crippen LogP contribution in [0.25, 0.3) is 0 Å². The zero-order valence-corrected chi connectivity index (χ0v) is 11.1. The number of sulfonamides is 1. The smallest absolute Gasteiger partial charge is 0.244 e. The highest BCUT2D eigenvalue weighted by atomic mass is 32.2. The van der Waals surface area contributed by atoms with Gasteiger partial charge in [-0.25, -0.2) is 18.1 Å². The second-order valence-electron chi connectivity index (χ2n) is 3.42. The van der Waals surface area contributed by atoms with Crippen molar-refractivity contribution in [1.29, 1.82) is 0 Å². The highest BCUT2D eigenvalue weighted by Crippen LogP contribution is 2.13. The quantitative estimate of drug-likeness (QED) is 0.696. The standard InChI is InChI=1S/C9H15N3O3S2/c1-16(13)7-3-6-12-17(14,15)8-4-2-5-11-9(8)10/h2,4-5,12H,3,6-7H2,1H3,(H2,10,11). The van der Waals surface area contributed by atoms with E-state index in [4.69, 9.17) is 5.73 Å². The van der Waals surface area contributed by atoms with Crippen LogP contribution in [0, 0.1) is 0 Å². The van der Waals surface area contributed by atoms with Crippen LogP contribution >= 0.6 is 0 Å². The summed E-state index contributed by atoms with van der Waals surface area (Å²) in [6.45, 7) is 0.232. The fourth-order valence-corrected chi connectivity index (χ4v) is 2.89. The first-order valence-electron chi connectivity index (χ1n) is 4.93. The lowest BCUT2D eigenvalue weighted by Crippen LogP contribution is -2.26. The predicted octanol–water partition coefficient (Wildman–Crippen LogP) is -0.289. The summed E-state index contributed by atoms with van der Waals surface area (Å²) >= 11 is 0. The zero-order chi connectivity index (χ0) is 12.9. The molecule has 0 aliphatic carbocycles. The van der Waals surface area contributed by atoms with Crippen LogP contribution in [-0.2, 0) is 20.8 Å². The molecule has 0 spiro atoms. The third-order valence-electron chi connectivity index (χ3n) is 1.99. The number of hydrogen-bond acceptors (Lipinski definition) is 5. The molecule has 1 rings (SSSR count). The van der Waals surface area contributed by atoms with Crippen molar-refractivity contribution in [2.45, 2.75) is 11.3 Å². The van der Waals surface area contributed by atoms with Gasteiger partial charge in [0.2, 0.25) is 10.0 Å². The van der Waals surface area contributed by atoms with E-state index in [0.29, 0.717) is 12.2 Å². The number of rotatable bonds is 6. The summed E-state index contributed by atoms with van der Waals surface area (Å²) in [4.78, 5) is 3.68. The maximum Gasteiger partial charge on any atom is 0.244 e. The molecule has 0 aromatic carbocycles. The van der Waals surface area contributed by atoms with Gasteiger partial charge in [-0.2, -0.15) is 0 Å². The fourth-order valence-electron chi connectivity index (χ4n) is 1.19. The Kier molecular flexibility index (Phi) is 5.03. The molecule has 0 bridgehead atoms. The third kappa shape index (κ3) is 4.41. The molecular formula is C9H15N3O3S2. The van der Waals surface area contributed by atoms with Gasteiger partial charge in [-0.15, -0.1) is 0 Å². The monoisotopic (exact) mass is 277 g/mol. The minimum Gasteiger partial charge on any atom is -0.383 e. The van der Waals surface area contributed by atoms with E-state index in [1.54, 1.807) is 6.26 Å². The molecule has 0 radical (unpaired) electrons. The SMILES string of the molecule is CS(=O)CCCNS(=O)(=O)c1cccnc1N. The van der Waals surface area contributed by atoms with Gasteiger partial charge in [0, 0.05) is 35.5 Å². The van der Waals surface area contributed by atoms with E-state index in [9.17, 15) is 12.6 Å². The normalized spacial score (nSPS) is 13.5. The van der Waals surface area contributed by atoms with E-state index in [0.717, 1.165) is 0 Å². The summed E-state index contributed by atoms with van der Waals surface area (Å²) in [7, 11) is -4.54. The Balaban J connectivity index is 2.64. The summed E-state index contributed by atoms with van der Waals surface area (Å²) < 4.78 is 36.8. The fraction of sp³-hybridized carbons (Fsp3) is 0.444. The Morgan fingerprint density at radius 3 is 2.82 bits per heavy atom. The van der Waals surface area contributed by atoms with Crippen molar-refractivity contribution >= 4 is 26.6 Å². The van der Waals surface area contributed by atoms with Crippen LogP contribution in [0.5, 0.6) is 0 Å². The van der Waals surface area contributed by atoms with Crippen molar-refractivity contribution in [3.05, 3.63) is 18.3 Å². The van der Waals surface area contributed by atoms with Gasteiger partial charge in [0.05, 0.1) is 0 Å². The number of anilines is 1. The van der Waals surface area contributed by atoms with Crippen LogP contribution in [0.15, 0.2) is 23.2 Å². The molecule has 0 saturated carbocycles. The van der Waals surface area contributed by atoms with Crippen molar-refractivity contribution in [2.24, 2.45) is 0 Å². The Morgan fingerprint density at radius 1 is 1.53 bits per heavy atom. The van der Waals surface area contributed by atoms with Crippen LogP contribution < -0.4 is 10.5 Å². The van der Waals surface area contributed by atoms with Gasteiger partial charge < -0.3 is 5.73 Å². The van der Waals surface area contributed by atoms with Crippen molar-refractivity contribution in [2.75, 3.05) is 24.3 Å². The summed E-state index contributed by atoms with van der Waals surface area (Å²) in [6, 6.07) is 2.90. The minimum absolute atomic E-state index is 0.0286. The summed E-state index contributed by atoms with van der Waals surface area (Å²) in [5.74, 6) is 0.435. The Hall–Kier alpha value is -0.990. The van der Waals surface area contributed by atoms with E-state index in [-0.39, 0.29) is 17.3 Å². The molecule has 1 atom stereocenters. The molecule has 17 heavy (non-hydrogen) atoms. The van der Waals surface area contributed by atoms with Gasteiger partial charge >= 0.3 is 0 Å². The van der Waals surface area contributed by atoms with Crippen LogP contribution in [0.1, 0.15) is 6.42 Å². The Labute approximate surface area is 103 Å². The number of nitrogen functional groups attached to an aromatic ring is 1. The number of hydrogen-bond donors (Lipinski definition) is 2. The molecule has 1 aromatic rings. The summed E-state index contributed by atoms with van der Waals surface area (Å²) in [5.41, 5.74) is 5.48. The first kappa shape index (κ1) is 14.1. The van der Waals surface area contributed by atoms with Crippen LogP contribution in [0.4, 0.5) is 5.82 Å². The van der Waals surface area contributed by atoms with Gasteiger partial charge in [-0.1, -0.05) is 0 Å². The van der Waals surface area contributed by atoms with Gasteiger partial charge in [-0.05, 0) is 18.6 Å². The Bertz CT molecular complexity index is 502. The van der Waals surface area contributed by atoms with Crippen molar-refractivity contribution in [1.82, 2.24) is 9.71 Å². The second kappa shape index (κ2) is 6.08. The number of nitrogens with one attached hydrogen (secondary N) is 1. The van der Waals surface area contributed by atoms with E-state index >= 15 is 0 Å². The lowest BCUT2D eigenvalue weighted by atomic mass is 10.5. The number of nitrogens with zero attached hydrogens (tertiary/aromatic N) is 1. The van der Waals surface area contributed by atoms with Gasteiger partial charge in [0.25, 0.3) is 0 Å². The Morgan fingerprint density at radius 2 is 2.24 bits per heavy atom. The topological polar surface area (TPSA) is 102 Å². The predicted molar refractivity (Wildman–Crippen MR) is 67.4 cm³/mol. The van der Waals surface area contributed by atoms with Crippen LogP contribution in [0.2, 0.25) is 0 Å². The van der Waals surface area contributed by atoms with Gasteiger partial charge in [-0.3, -0.25) is 4.21 Å². The molecule has 1 aromatic heterocycles. The van der Waals surface area contributed by atoms with E-state index in [1.165, 1.54) is 18.3 Å². The molecule has 8 heteroatoms. The molecule has 0 aliphatic rings. The molecule has 3 N–H and O–H groups in total. The van der Waals surface area contributed by atoms with Gasteiger partial charge in [0.1, 0.15) is 10.7 Å². The van der Waals surface area contributed by atoms with Gasteiger partial charge in [0.15, 0.2) is 0 Å². The van der Waals surface area contributed by atoms with Crippen molar-refractivity contribution in [3.8, 4) is 0 Å². The van der Waals surface area contributed by atoms with Crippen LogP contribution in [0.3, 0.4) is 0 Å². The van der Waals surface area contributed by atoms with E-state index in [1.807, 2.05) is 0 Å². The van der Waals surface area contributed by atoms with E-state index in [2.05, 4.69) is 9.71 Å². The molecule has 0 saturated heterocycles. The first-order chi connectivity index (χ1) is 7.93. The molecule has 0 amide bonds. The number of nitrogens with two attached hydrogens (primary N) is 1. The average Bonchev–Trinajstić information content (AvgIpc) is 2.24. The first-order valence-corrected chi connectivity index (χ1v) is 8.14. The lowest BCUT2D eigenvalue weighted by Gasteiger charge is -2.07. The molecule has 6 nitrogen and oxygen atoms in total. The maximum atomic E-state index is 11.8. The molecular weight excluding hydrogens is 262 g/mol. The molecule has 0 aliphatic heterocycles. The highest BCUT2D eigenvalue weighted by Gasteiger charge is 2.16. The highest BCUT2D eigenvalue weighted by molar-refractivity contribution is 7.89.